The lowest BCUT2D eigenvalue weighted by Crippen LogP contribution is -2.52. The summed E-state index contributed by atoms with van der Waals surface area (Å²) < 4.78 is 7.46. The zero-order chi connectivity index (χ0) is 15.4. The summed E-state index contributed by atoms with van der Waals surface area (Å²) in [4.78, 5) is 16.5. The normalized spacial score (nSPS) is 23.0. The van der Waals surface area contributed by atoms with Crippen LogP contribution < -0.4 is 5.32 Å². The first kappa shape index (κ1) is 15.3. The fourth-order valence-electron chi connectivity index (χ4n) is 3.06. The van der Waals surface area contributed by atoms with Crippen molar-refractivity contribution in [2.45, 2.75) is 25.5 Å². The third-order valence-corrected chi connectivity index (χ3v) is 4.49. The number of urea groups is 1. The molecule has 0 aliphatic carbocycles. The second-order valence-corrected chi connectivity index (χ2v) is 6.03. The Labute approximate surface area is 131 Å². The number of nitrogens with one attached hydrogen (secondary N) is 1. The highest BCUT2D eigenvalue weighted by Gasteiger charge is 2.24. The second-order valence-electron chi connectivity index (χ2n) is 6.03. The number of piperazine rings is 1. The van der Waals surface area contributed by atoms with Gasteiger partial charge in [0, 0.05) is 52.6 Å². The van der Waals surface area contributed by atoms with Crippen LogP contribution in [0.4, 0.5) is 4.79 Å². The summed E-state index contributed by atoms with van der Waals surface area (Å²) in [6, 6.07) is 1.93. The van der Waals surface area contributed by atoms with E-state index >= 15 is 0 Å². The standard InChI is InChI=1S/C15H25N5O2/c1-18-13(4-5-17-18)11-16-15(21)20-8-6-19(7-9-20)12-14-3-2-10-22-14/h4-5,14H,2-3,6-12H2,1H3,(H,16,21). The number of carbonyl (C=O) groups excluding carboxylic acids is 1. The van der Waals surface area contributed by atoms with Crippen molar-refractivity contribution in [3.8, 4) is 0 Å². The number of hydrogen-bond acceptors (Lipinski definition) is 4. The van der Waals surface area contributed by atoms with E-state index in [-0.39, 0.29) is 6.03 Å². The highest BCUT2D eigenvalue weighted by Crippen LogP contribution is 2.14. The summed E-state index contributed by atoms with van der Waals surface area (Å²) in [5, 5.41) is 7.07. The summed E-state index contributed by atoms with van der Waals surface area (Å²) in [5.41, 5.74) is 1.00. The number of rotatable bonds is 4. The smallest absolute Gasteiger partial charge is 0.317 e. The van der Waals surface area contributed by atoms with Crippen molar-refractivity contribution in [2.24, 2.45) is 7.05 Å². The van der Waals surface area contributed by atoms with Crippen molar-refractivity contribution < 1.29 is 9.53 Å². The molecule has 2 aliphatic rings. The van der Waals surface area contributed by atoms with Crippen molar-refractivity contribution in [3.05, 3.63) is 18.0 Å². The molecule has 22 heavy (non-hydrogen) atoms. The number of ether oxygens (including phenoxy) is 1. The Kier molecular flexibility index (Phi) is 4.94. The van der Waals surface area contributed by atoms with Gasteiger partial charge in [0.15, 0.2) is 0 Å². The predicted molar refractivity (Wildman–Crippen MR) is 82.4 cm³/mol. The topological polar surface area (TPSA) is 62.6 Å². The molecule has 2 saturated heterocycles. The van der Waals surface area contributed by atoms with E-state index in [9.17, 15) is 4.79 Å². The molecule has 7 nitrogen and oxygen atoms in total. The Bertz CT molecular complexity index is 490. The molecule has 1 unspecified atom stereocenters. The molecule has 1 atom stereocenters. The first-order valence-corrected chi connectivity index (χ1v) is 8.06. The van der Waals surface area contributed by atoms with Gasteiger partial charge in [0.25, 0.3) is 0 Å². The van der Waals surface area contributed by atoms with Gasteiger partial charge in [-0.25, -0.2) is 4.79 Å². The minimum absolute atomic E-state index is 0.0120. The van der Waals surface area contributed by atoms with Crippen LogP contribution in [-0.4, -0.2) is 71.0 Å². The molecule has 0 radical (unpaired) electrons. The fourth-order valence-corrected chi connectivity index (χ4v) is 3.06. The zero-order valence-electron chi connectivity index (χ0n) is 13.2. The van der Waals surface area contributed by atoms with Gasteiger partial charge in [0.2, 0.25) is 0 Å². The van der Waals surface area contributed by atoms with Crippen molar-refractivity contribution in [1.82, 2.24) is 24.9 Å². The van der Waals surface area contributed by atoms with Crippen LogP contribution in [0.15, 0.2) is 12.3 Å². The van der Waals surface area contributed by atoms with Crippen LogP contribution in [0.2, 0.25) is 0 Å². The number of hydrogen-bond donors (Lipinski definition) is 1. The van der Waals surface area contributed by atoms with Crippen molar-refractivity contribution in [2.75, 3.05) is 39.3 Å². The van der Waals surface area contributed by atoms with E-state index in [0.29, 0.717) is 12.6 Å². The van der Waals surface area contributed by atoms with Crippen molar-refractivity contribution >= 4 is 6.03 Å². The molecule has 1 N–H and O–H groups in total. The molecule has 3 rings (SSSR count). The summed E-state index contributed by atoms with van der Waals surface area (Å²) >= 11 is 0. The van der Waals surface area contributed by atoms with Crippen LogP contribution in [0.3, 0.4) is 0 Å². The van der Waals surface area contributed by atoms with Gasteiger partial charge in [-0.2, -0.15) is 5.10 Å². The summed E-state index contributed by atoms with van der Waals surface area (Å²) in [6.07, 6.45) is 4.49. The lowest BCUT2D eigenvalue weighted by atomic mass is 10.2. The number of amides is 2. The fraction of sp³-hybridized carbons (Fsp3) is 0.733. The van der Waals surface area contributed by atoms with E-state index in [1.54, 1.807) is 10.9 Å². The number of nitrogens with zero attached hydrogens (tertiary/aromatic N) is 4. The molecule has 2 amide bonds. The maximum absolute atomic E-state index is 12.2. The van der Waals surface area contributed by atoms with Gasteiger partial charge >= 0.3 is 6.03 Å². The maximum atomic E-state index is 12.2. The van der Waals surface area contributed by atoms with E-state index in [2.05, 4.69) is 15.3 Å². The molecule has 0 spiro atoms. The Hall–Kier alpha value is -1.60. The van der Waals surface area contributed by atoms with Gasteiger partial charge < -0.3 is 15.0 Å². The van der Waals surface area contributed by atoms with Crippen molar-refractivity contribution in [1.29, 1.82) is 0 Å². The Morgan fingerprint density at radius 3 is 2.86 bits per heavy atom. The van der Waals surface area contributed by atoms with Crippen LogP contribution in [-0.2, 0) is 18.3 Å². The highest BCUT2D eigenvalue weighted by molar-refractivity contribution is 5.74. The van der Waals surface area contributed by atoms with Crippen LogP contribution in [0.5, 0.6) is 0 Å². The lowest BCUT2D eigenvalue weighted by molar-refractivity contribution is 0.0560. The molecule has 3 heterocycles. The van der Waals surface area contributed by atoms with Gasteiger partial charge in [-0.1, -0.05) is 0 Å². The monoisotopic (exact) mass is 307 g/mol. The minimum atomic E-state index is 0.0120. The number of aryl methyl sites for hydroxylation is 1. The van der Waals surface area contributed by atoms with E-state index in [0.717, 1.165) is 45.0 Å². The average Bonchev–Trinajstić information content (AvgIpc) is 3.17. The first-order valence-electron chi connectivity index (χ1n) is 8.06. The Balaban J connectivity index is 1.39. The Morgan fingerprint density at radius 1 is 1.41 bits per heavy atom. The highest BCUT2D eigenvalue weighted by atomic mass is 16.5. The van der Waals surface area contributed by atoms with Gasteiger partial charge in [-0.3, -0.25) is 9.58 Å². The largest absolute Gasteiger partial charge is 0.377 e. The molecule has 7 heteroatoms. The first-order chi connectivity index (χ1) is 10.7. The van der Waals surface area contributed by atoms with E-state index < -0.39 is 0 Å². The molecule has 0 aromatic carbocycles. The van der Waals surface area contributed by atoms with Gasteiger partial charge in [0.05, 0.1) is 18.3 Å². The predicted octanol–water partition coefficient (Wildman–Crippen LogP) is 0.426. The van der Waals surface area contributed by atoms with Gasteiger partial charge in [0.1, 0.15) is 0 Å². The van der Waals surface area contributed by atoms with Crippen LogP contribution >= 0.6 is 0 Å². The van der Waals surface area contributed by atoms with E-state index in [1.165, 1.54) is 12.8 Å². The van der Waals surface area contributed by atoms with Crippen LogP contribution in [0.25, 0.3) is 0 Å². The summed E-state index contributed by atoms with van der Waals surface area (Å²) in [5.74, 6) is 0. The Morgan fingerprint density at radius 2 is 2.23 bits per heavy atom. The minimum Gasteiger partial charge on any atom is -0.377 e. The molecule has 0 bridgehead atoms. The van der Waals surface area contributed by atoms with Gasteiger partial charge in [-0.05, 0) is 18.9 Å². The molecular weight excluding hydrogens is 282 g/mol. The van der Waals surface area contributed by atoms with Gasteiger partial charge in [-0.15, -0.1) is 0 Å². The SMILES string of the molecule is Cn1nccc1CNC(=O)N1CCN(CC2CCCO2)CC1. The van der Waals surface area contributed by atoms with Crippen molar-refractivity contribution in [3.63, 3.8) is 0 Å². The number of aromatic nitrogens is 2. The maximum Gasteiger partial charge on any atom is 0.317 e. The molecule has 1 aromatic rings. The molecule has 122 valence electrons. The zero-order valence-corrected chi connectivity index (χ0v) is 13.2. The third kappa shape index (κ3) is 3.78. The molecule has 1 aromatic heterocycles. The molecule has 2 fully saturated rings. The summed E-state index contributed by atoms with van der Waals surface area (Å²) in [6.45, 7) is 5.85. The molecule has 2 aliphatic heterocycles. The summed E-state index contributed by atoms with van der Waals surface area (Å²) in [7, 11) is 1.88. The van der Waals surface area contributed by atoms with E-state index in [4.69, 9.17) is 4.74 Å². The van der Waals surface area contributed by atoms with Crippen LogP contribution in [0.1, 0.15) is 18.5 Å². The van der Waals surface area contributed by atoms with E-state index in [1.807, 2.05) is 18.0 Å². The number of carbonyl (C=O) groups is 1. The quantitative estimate of drug-likeness (QED) is 0.876. The average molecular weight is 307 g/mol. The third-order valence-electron chi connectivity index (χ3n) is 4.49. The molecular formula is C15H25N5O2. The van der Waals surface area contributed by atoms with Crippen LogP contribution in [0, 0.1) is 0 Å². The molecule has 0 saturated carbocycles. The lowest BCUT2D eigenvalue weighted by Gasteiger charge is -2.35. The second kappa shape index (κ2) is 7.11.